The summed E-state index contributed by atoms with van der Waals surface area (Å²) >= 11 is 0. The molecule has 0 bridgehead atoms. The maximum atomic E-state index is 5.80. The van der Waals surface area contributed by atoms with Crippen LogP contribution in [-0.4, -0.2) is 38.6 Å². The molecule has 1 fully saturated rings. The molecule has 1 aromatic rings. The van der Waals surface area contributed by atoms with Crippen LogP contribution in [0.25, 0.3) is 0 Å². The van der Waals surface area contributed by atoms with E-state index in [9.17, 15) is 0 Å². The minimum absolute atomic E-state index is 0.156. The Morgan fingerprint density at radius 3 is 3.00 bits per heavy atom. The molecule has 2 heterocycles. The standard InChI is InChI=1S/C17H26N2O2/c1-17(2)20-12-15(21-17)11-18-10-13-6-7-16-14(9-13)5-4-8-19(16)3/h6-7,9,15,18H,4-5,8,10-12H2,1-3H3. The van der Waals surface area contributed by atoms with Crippen LogP contribution in [0.15, 0.2) is 18.2 Å². The van der Waals surface area contributed by atoms with Gasteiger partial charge < -0.3 is 19.7 Å². The number of rotatable bonds is 4. The lowest BCUT2D eigenvalue weighted by molar-refractivity contribution is -0.137. The third kappa shape index (κ3) is 3.57. The molecule has 1 atom stereocenters. The molecule has 2 aliphatic rings. The molecule has 1 aromatic carbocycles. The molecule has 21 heavy (non-hydrogen) atoms. The van der Waals surface area contributed by atoms with Crippen molar-refractivity contribution >= 4 is 5.69 Å². The van der Waals surface area contributed by atoms with Crippen molar-refractivity contribution < 1.29 is 9.47 Å². The van der Waals surface area contributed by atoms with Gasteiger partial charge in [0.2, 0.25) is 0 Å². The van der Waals surface area contributed by atoms with E-state index in [2.05, 4.69) is 35.5 Å². The van der Waals surface area contributed by atoms with Crippen LogP contribution in [0.1, 0.15) is 31.4 Å². The minimum Gasteiger partial charge on any atom is -0.374 e. The Balaban J connectivity index is 1.52. The van der Waals surface area contributed by atoms with E-state index in [0.717, 1.165) is 13.1 Å². The van der Waals surface area contributed by atoms with Crippen LogP contribution in [-0.2, 0) is 22.4 Å². The first-order valence-electron chi connectivity index (χ1n) is 7.89. The lowest BCUT2D eigenvalue weighted by Crippen LogP contribution is -2.30. The van der Waals surface area contributed by atoms with Crippen LogP contribution in [0.4, 0.5) is 5.69 Å². The van der Waals surface area contributed by atoms with Gasteiger partial charge in [-0.3, -0.25) is 0 Å². The maximum Gasteiger partial charge on any atom is 0.163 e. The summed E-state index contributed by atoms with van der Waals surface area (Å²) in [4.78, 5) is 2.35. The van der Waals surface area contributed by atoms with Gasteiger partial charge in [-0.25, -0.2) is 0 Å². The van der Waals surface area contributed by atoms with Crippen LogP contribution < -0.4 is 10.2 Å². The molecule has 0 aliphatic carbocycles. The third-order valence-electron chi connectivity index (χ3n) is 4.26. The summed E-state index contributed by atoms with van der Waals surface area (Å²) in [6, 6.07) is 6.82. The Labute approximate surface area is 127 Å². The number of ether oxygens (including phenoxy) is 2. The van der Waals surface area contributed by atoms with Gasteiger partial charge in [-0.2, -0.15) is 0 Å². The highest BCUT2D eigenvalue weighted by Crippen LogP contribution is 2.27. The second-order valence-electron chi connectivity index (χ2n) is 6.57. The van der Waals surface area contributed by atoms with Crippen LogP contribution in [0.3, 0.4) is 0 Å². The minimum atomic E-state index is -0.428. The topological polar surface area (TPSA) is 33.7 Å². The van der Waals surface area contributed by atoms with Crippen molar-refractivity contribution in [2.24, 2.45) is 0 Å². The number of aryl methyl sites for hydroxylation is 1. The molecular formula is C17H26N2O2. The Hall–Kier alpha value is -1.10. The fraction of sp³-hybridized carbons (Fsp3) is 0.647. The van der Waals surface area contributed by atoms with E-state index < -0.39 is 5.79 Å². The van der Waals surface area contributed by atoms with Gasteiger partial charge in [0.15, 0.2) is 5.79 Å². The summed E-state index contributed by atoms with van der Waals surface area (Å²) in [5, 5.41) is 3.48. The first-order valence-corrected chi connectivity index (χ1v) is 7.89. The lowest BCUT2D eigenvalue weighted by Gasteiger charge is -2.28. The van der Waals surface area contributed by atoms with Crippen molar-refractivity contribution in [3.8, 4) is 0 Å². The summed E-state index contributed by atoms with van der Waals surface area (Å²) in [7, 11) is 2.18. The Kier molecular flexibility index (Phi) is 4.20. The highest BCUT2D eigenvalue weighted by Gasteiger charge is 2.32. The fourth-order valence-electron chi connectivity index (χ4n) is 3.19. The first kappa shape index (κ1) is 14.8. The van der Waals surface area contributed by atoms with Gasteiger partial charge in [0.1, 0.15) is 0 Å². The van der Waals surface area contributed by atoms with E-state index in [0.29, 0.717) is 6.61 Å². The highest BCUT2D eigenvalue weighted by atomic mass is 16.7. The first-order chi connectivity index (χ1) is 10.0. The zero-order valence-corrected chi connectivity index (χ0v) is 13.3. The van der Waals surface area contributed by atoms with E-state index in [1.54, 1.807) is 0 Å². The van der Waals surface area contributed by atoms with E-state index in [1.165, 1.54) is 36.2 Å². The summed E-state index contributed by atoms with van der Waals surface area (Å²) in [5.74, 6) is -0.428. The number of anilines is 1. The van der Waals surface area contributed by atoms with Gasteiger partial charge >= 0.3 is 0 Å². The van der Waals surface area contributed by atoms with E-state index in [4.69, 9.17) is 9.47 Å². The average Bonchev–Trinajstić information content (AvgIpc) is 2.78. The average molecular weight is 290 g/mol. The Morgan fingerprint density at radius 2 is 2.24 bits per heavy atom. The zero-order valence-electron chi connectivity index (χ0n) is 13.3. The molecule has 116 valence electrons. The monoisotopic (exact) mass is 290 g/mol. The smallest absolute Gasteiger partial charge is 0.163 e. The van der Waals surface area contributed by atoms with Crippen molar-refractivity contribution in [1.29, 1.82) is 0 Å². The molecule has 0 radical (unpaired) electrons. The maximum absolute atomic E-state index is 5.80. The predicted molar refractivity (Wildman–Crippen MR) is 84.6 cm³/mol. The normalized spacial score (nSPS) is 24.1. The van der Waals surface area contributed by atoms with Gasteiger partial charge in [0.05, 0.1) is 12.7 Å². The largest absolute Gasteiger partial charge is 0.374 e. The molecule has 1 saturated heterocycles. The molecule has 4 nitrogen and oxygen atoms in total. The third-order valence-corrected chi connectivity index (χ3v) is 4.26. The van der Waals surface area contributed by atoms with E-state index in [1.807, 2.05) is 13.8 Å². The fourth-order valence-corrected chi connectivity index (χ4v) is 3.19. The van der Waals surface area contributed by atoms with Crippen molar-refractivity contribution in [1.82, 2.24) is 5.32 Å². The quantitative estimate of drug-likeness (QED) is 0.922. The second-order valence-corrected chi connectivity index (χ2v) is 6.57. The molecule has 0 saturated carbocycles. The van der Waals surface area contributed by atoms with Crippen LogP contribution in [0.5, 0.6) is 0 Å². The van der Waals surface area contributed by atoms with Gasteiger partial charge in [-0.15, -0.1) is 0 Å². The summed E-state index contributed by atoms with van der Waals surface area (Å²) < 4.78 is 11.4. The van der Waals surface area contributed by atoms with Gasteiger partial charge in [0, 0.05) is 32.4 Å². The predicted octanol–water partition coefficient (Wildman–Crippen LogP) is 2.31. The van der Waals surface area contributed by atoms with Gasteiger partial charge in [-0.05, 0) is 43.9 Å². The van der Waals surface area contributed by atoms with E-state index >= 15 is 0 Å². The number of hydrogen-bond donors (Lipinski definition) is 1. The SMILES string of the molecule is CN1CCCc2cc(CNCC3COC(C)(C)O3)ccc21. The number of benzene rings is 1. The molecule has 0 amide bonds. The highest BCUT2D eigenvalue weighted by molar-refractivity contribution is 5.56. The summed E-state index contributed by atoms with van der Waals surface area (Å²) in [6.07, 6.45) is 2.60. The molecular weight excluding hydrogens is 264 g/mol. The van der Waals surface area contributed by atoms with E-state index in [-0.39, 0.29) is 6.10 Å². The van der Waals surface area contributed by atoms with Gasteiger partial charge in [0.25, 0.3) is 0 Å². The second kappa shape index (κ2) is 5.95. The molecule has 1 N–H and O–H groups in total. The number of nitrogens with one attached hydrogen (secondary N) is 1. The lowest BCUT2D eigenvalue weighted by atomic mass is 9.99. The number of hydrogen-bond acceptors (Lipinski definition) is 4. The Morgan fingerprint density at radius 1 is 1.38 bits per heavy atom. The molecule has 0 aromatic heterocycles. The molecule has 3 rings (SSSR count). The van der Waals surface area contributed by atoms with Crippen molar-refractivity contribution in [2.45, 2.75) is 45.1 Å². The van der Waals surface area contributed by atoms with Crippen LogP contribution in [0, 0.1) is 0 Å². The zero-order chi connectivity index (χ0) is 14.9. The van der Waals surface area contributed by atoms with Crippen LogP contribution >= 0.6 is 0 Å². The number of fused-ring (bicyclic) bond motifs is 1. The van der Waals surface area contributed by atoms with Crippen molar-refractivity contribution in [2.75, 3.05) is 31.6 Å². The molecule has 4 heteroatoms. The summed E-state index contributed by atoms with van der Waals surface area (Å²) in [6.45, 7) is 7.49. The molecule has 1 unspecified atom stereocenters. The summed E-state index contributed by atoms with van der Waals surface area (Å²) in [5.41, 5.74) is 4.21. The van der Waals surface area contributed by atoms with Crippen molar-refractivity contribution in [3.05, 3.63) is 29.3 Å². The van der Waals surface area contributed by atoms with Gasteiger partial charge in [-0.1, -0.05) is 12.1 Å². The molecule has 2 aliphatic heterocycles. The number of nitrogens with zero attached hydrogens (tertiary/aromatic N) is 1. The Bertz CT molecular complexity index is 502. The van der Waals surface area contributed by atoms with Crippen molar-refractivity contribution in [3.63, 3.8) is 0 Å². The van der Waals surface area contributed by atoms with Crippen LogP contribution in [0.2, 0.25) is 0 Å². The molecule has 0 spiro atoms.